The van der Waals surface area contributed by atoms with Gasteiger partial charge in [-0.2, -0.15) is 0 Å². The minimum absolute atomic E-state index is 0.151. The van der Waals surface area contributed by atoms with Gasteiger partial charge in [0.25, 0.3) is 5.56 Å². The van der Waals surface area contributed by atoms with Crippen molar-refractivity contribution in [3.8, 4) is 0 Å². The van der Waals surface area contributed by atoms with Gasteiger partial charge >= 0.3 is 6.35 Å². The van der Waals surface area contributed by atoms with E-state index in [1.807, 2.05) is 19.0 Å². The van der Waals surface area contributed by atoms with Crippen LogP contribution in [0.3, 0.4) is 0 Å². The van der Waals surface area contributed by atoms with Crippen LogP contribution >= 0.6 is 0 Å². The van der Waals surface area contributed by atoms with E-state index in [0.29, 0.717) is 0 Å². The smallest absolute Gasteiger partial charge is 0.318 e. The highest BCUT2D eigenvalue weighted by molar-refractivity contribution is 4.91. The highest BCUT2D eigenvalue weighted by atomic mass is 16.7. The summed E-state index contributed by atoms with van der Waals surface area (Å²) in [6, 6.07) is 5.01. The molecule has 0 spiro atoms. The molecule has 0 bridgehead atoms. The van der Waals surface area contributed by atoms with Crippen molar-refractivity contribution in [1.29, 1.82) is 0 Å². The Balaban J connectivity index is 2.26. The molecule has 0 saturated carbocycles. The Hall–Kier alpha value is -1.37. The monoisotopic (exact) mass is 282 g/mol. The first-order valence-electron chi connectivity index (χ1n) is 7.04. The first-order valence-corrected chi connectivity index (χ1v) is 7.04. The molecular weight excluding hydrogens is 258 g/mol. The number of hydrogen-bond acceptors (Lipinski definition) is 4. The summed E-state index contributed by atoms with van der Waals surface area (Å²) in [6.45, 7) is 6.32. The normalized spacial score (nSPS) is 19.8. The molecule has 1 saturated heterocycles. The summed E-state index contributed by atoms with van der Waals surface area (Å²) in [7, 11) is 3.95. The third-order valence-electron chi connectivity index (χ3n) is 3.90. The maximum atomic E-state index is 11.8. The van der Waals surface area contributed by atoms with E-state index in [0.717, 1.165) is 37.3 Å². The predicted molar refractivity (Wildman–Crippen MR) is 76.1 cm³/mol. The zero-order valence-corrected chi connectivity index (χ0v) is 12.5. The fraction of sp³-hybridized carbons (Fsp3) is 0.643. The fourth-order valence-electron chi connectivity index (χ4n) is 2.69. The summed E-state index contributed by atoms with van der Waals surface area (Å²) in [5.74, 6) is 0. The Morgan fingerprint density at radius 1 is 1.40 bits per heavy atom. The van der Waals surface area contributed by atoms with Crippen molar-refractivity contribution in [2.24, 2.45) is 0 Å². The van der Waals surface area contributed by atoms with Gasteiger partial charge in [0, 0.05) is 12.3 Å². The van der Waals surface area contributed by atoms with E-state index in [9.17, 15) is 4.79 Å². The largest absolute Gasteiger partial charge is 0.370 e. The van der Waals surface area contributed by atoms with Crippen molar-refractivity contribution >= 4 is 0 Å². The van der Waals surface area contributed by atoms with Crippen LogP contribution in [-0.4, -0.2) is 67.4 Å². The number of hydrogen-bond donors (Lipinski definition) is 0. The number of ether oxygens (including phenoxy) is 1. The highest BCUT2D eigenvalue weighted by Gasteiger charge is 2.41. The first-order chi connectivity index (χ1) is 9.59. The van der Waals surface area contributed by atoms with Crippen molar-refractivity contribution in [2.45, 2.75) is 13.3 Å². The highest BCUT2D eigenvalue weighted by Crippen LogP contribution is 2.18. The third kappa shape index (κ3) is 3.03. The van der Waals surface area contributed by atoms with Gasteiger partial charge in [0.1, 0.15) is 13.1 Å². The molecule has 1 aliphatic rings. The second kappa shape index (κ2) is 6.39. The molecule has 1 unspecified atom stereocenters. The SMILES string of the molecule is CC[N+]1(C(On2ccccc2=O)N(C)C)CCOCC1. The van der Waals surface area contributed by atoms with Gasteiger partial charge in [0.2, 0.25) is 0 Å². The quantitative estimate of drug-likeness (QED) is 0.563. The summed E-state index contributed by atoms with van der Waals surface area (Å²) in [5, 5.41) is 0. The van der Waals surface area contributed by atoms with Crippen molar-refractivity contribution < 1.29 is 14.1 Å². The molecule has 0 amide bonds. The van der Waals surface area contributed by atoms with Gasteiger partial charge in [0.15, 0.2) is 0 Å². The van der Waals surface area contributed by atoms with Crippen molar-refractivity contribution in [1.82, 2.24) is 9.63 Å². The molecule has 0 N–H and O–H groups in total. The lowest BCUT2D eigenvalue weighted by atomic mass is 10.3. The Morgan fingerprint density at radius 3 is 2.65 bits per heavy atom. The number of morpholine rings is 1. The maximum Gasteiger partial charge on any atom is 0.318 e. The molecule has 0 aliphatic carbocycles. The number of aromatic nitrogens is 1. The van der Waals surface area contributed by atoms with E-state index in [4.69, 9.17) is 9.57 Å². The third-order valence-corrected chi connectivity index (χ3v) is 3.90. The zero-order valence-electron chi connectivity index (χ0n) is 12.5. The molecule has 2 rings (SSSR count). The van der Waals surface area contributed by atoms with Crippen molar-refractivity contribution in [3.05, 3.63) is 34.7 Å². The van der Waals surface area contributed by atoms with Crippen LogP contribution in [0.5, 0.6) is 0 Å². The fourth-order valence-corrected chi connectivity index (χ4v) is 2.69. The zero-order chi connectivity index (χ0) is 14.6. The van der Waals surface area contributed by atoms with Gasteiger partial charge < -0.3 is 9.57 Å². The van der Waals surface area contributed by atoms with Gasteiger partial charge in [-0.3, -0.25) is 9.28 Å². The van der Waals surface area contributed by atoms with E-state index < -0.39 is 0 Å². The summed E-state index contributed by atoms with van der Waals surface area (Å²) in [5.41, 5.74) is -0.151. The summed E-state index contributed by atoms with van der Waals surface area (Å²) in [6.07, 6.45) is 1.45. The minimum Gasteiger partial charge on any atom is -0.370 e. The Morgan fingerprint density at radius 2 is 2.10 bits per heavy atom. The van der Waals surface area contributed by atoms with Crippen molar-refractivity contribution in [2.75, 3.05) is 46.9 Å². The molecule has 0 aromatic carbocycles. The molecule has 6 heteroatoms. The van der Waals surface area contributed by atoms with E-state index in [2.05, 4.69) is 6.92 Å². The number of pyridine rings is 1. The van der Waals surface area contributed by atoms with E-state index >= 15 is 0 Å². The van der Waals surface area contributed by atoms with Crippen LogP contribution in [0.1, 0.15) is 6.92 Å². The van der Waals surface area contributed by atoms with Gasteiger partial charge in [0.05, 0.1) is 19.8 Å². The standard InChI is InChI=1S/C14H24N3O3/c1-4-17(9-11-19-12-10-17)14(15(2)3)20-16-8-6-5-7-13(16)18/h5-8,14H,4,9-12H2,1-3H3/q+1. The Bertz CT molecular complexity index is 481. The molecule has 1 aromatic rings. The average Bonchev–Trinajstić information content (AvgIpc) is 2.46. The lowest BCUT2D eigenvalue weighted by Gasteiger charge is -2.46. The van der Waals surface area contributed by atoms with E-state index in [1.54, 1.807) is 18.3 Å². The molecule has 2 heterocycles. The topological polar surface area (TPSA) is 43.7 Å². The molecule has 1 aromatic heterocycles. The molecule has 1 fully saturated rings. The number of rotatable bonds is 5. The van der Waals surface area contributed by atoms with E-state index in [-0.39, 0.29) is 11.9 Å². The lowest BCUT2D eigenvalue weighted by Crippen LogP contribution is -2.68. The molecule has 20 heavy (non-hydrogen) atoms. The van der Waals surface area contributed by atoms with Crippen LogP contribution < -0.4 is 10.4 Å². The van der Waals surface area contributed by atoms with Gasteiger partial charge in [-0.1, -0.05) is 6.07 Å². The second-order valence-electron chi connectivity index (χ2n) is 5.35. The molecular formula is C14H24N3O3+. The first kappa shape index (κ1) is 15.0. The van der Waals surface area contributed by atoms with Crippen LogP contribution in [0.4, 0.5) is 0 Å². The summed E-state index contributed by atoms with van der Waals surface area (Å²) >= 11 is 0. The second-order valence-corrected chi connectivity index (χ2v) is 5.35. The molecule has 112 valence electrons. The van der Waals surface area contributed by atoms with Crippen LogP contribution in [-0.2, 0) is 4.74 Å². The van der Waals surface area contributed by atoms with Crippen LogP contribution in [0, 0.1) is 0 Å². The number of quaternary nitrogens is 1. The van der Waals surface area contributed by atoms with Crippen LogP contribution in [0.2, 0.25) is 0 Å². The maximum absolute atomic E-state index is 11.8. The molecule has 1 aliphatic heterocycles. The number of nitrogens with zero attached hydrogens (tertiary/aromatic N) is 3. The molecule has 6 nitrogen and oxygen atoms in total. The van der Waals surface area contributed by atoms with E-state index in [1.165, 1.54) is 10.8 Å². The number of likely N-dealkylation sites (N-methyl/N-ethyl adjacent to an activating group) is 1. The Labute approximate surface area is 119 Å². The molecule has 1 atom stereocenters. The van der Waals surface area contributed by atoms with Gasteiger partial charge in [-0.25, -0.2) is 4.90 Å². The predicted octanol–water partition coefficient (Wildman–Crippen LogP) is -0.0110. The minimum atomic E-state index is -0.205. The average molecular weight is 282 g/mol. The summed E-state index contributed by atoms with van der Waals surface area (Å²) in [4.78, 5) is 19.8. The van der Waals surface area contributed by atoms with Crippen LogP contribution in [0.15, 0.2) is 29.2 Å². The van der Waals surface area contributed by atoms with Crippen LogP contribution in [0.25, 0.3) is 0 Å². The lowest BCUT2D eigenvalue weighted by molar-refractivity contribution is -0.986. The van der Waals surface area contributed by atoms with Gasteiger partial charge in [-0.15, -0.1) is 4.73 Å². The van der Waals surface area contributed by atoms with Gasteiger partial charge in [-0.05, 0) is 27.1 Å². The molecule has 0 radical (unpaired) electrons. The van der Waals surface area contributed by atoms with Crippen molar-refractivity contribution in [3.63, 3.8) is 0 Å². The Kier molecular flexibility index (Phi) is 4.80. The summed E-state index contributed by atoms with van der Waals surface area (Å²) < 4.78 is 7.56.